The van der Waals surface area contributed by atoms with Crippen molar-refractivity contribution in [1.29, 1.82) is 0 Å². The first kappa shape index (κ1) is 14.6. The molecule has 1 unspecified atom stereocenters. The van der Waals surface area contributed by atoms with E-state index in [1.165, 1.54) is 18.2 Å². The molecule has 0 aromatic heterocycles. The molecule has 0 saturated carbocycles. The summed E-state index contributed by atoms with van der Waals surface area (Å²) >= 11 is 3.30. The fourth-order valence-corrected chi connectivity index (χ4v) is 4.30. The van der Waals surface area contributed by atoms with Crippen molar-refractivity contribution in [2.45, 2.75) is 24.7 Å². The lowest BCUT2D eigenvalue weighted by Gasteiger charge is -2.13. The van der Waals surface area contributed by atoms with Crippen molar-refractivity contribution in [2.24, 2.45) is 5.92 Å². The van der Waals surface area contributed by atoms with Crippen LogP contribution in [0.5, 0.6) is 0 Å². The zero-order valence-corrected chi connectivity index (χ0v) is 12.1. The predicted molar refractivity (Wildman–Crippen MR) is 70.6 cm³/mol. The van der Waals surface area contributed by atoms with Crippen molar-refractivity contribution in [3.63, 3.8) is 0 Å². The Labute approximate surface area is 110 Å². The highest BCUT2D eigenvalue weighted by atomic mass is 79.9. The van der Waals surface area contributed by atoms with Crippen LogP contribution in [0.2, 0.25) is 0 Å². The van der Waals surface area contributed by atoms with Gasteiger partial charge in [-0.25, -0.2) is 12.8 Å². The van der Waals surface area contributed by atoms with Crippen LogP contribution >= 0.6 is 15.9 Å². The lowest BCUT2D eigenvalue weighted by Crippen LogP contribution is -2.18. The zero-order chi connectivity index (χ0) is 12.9. The molecule has 17 heavy (non-hydrogen) atoms. The first-order chi connectivity index (χ1) is 8.01. The molecule has 0 N–H and O–H groups in total. The van der Waals surface area contributed by atoms with Gasteiger partial charge in [0.05, 0.1) is 5.75 Å². The maximum Gasteiger partial charge on any atom is 0.181 e. The molecular weight excluding hydrogens is 307 g/mol. The van der Waals surface area contributed by atoms with Gasteiger partial charge in [-0.05, 0) is 24.5 Å². The van der Waals surface area contributed by atoms with Gasteiger partial charge in [0.15, 0.2) is 9.84 Å². The summed E-state index contributed by atoms with van der Waals surface area (Å²) in [6.45, 7) is 2.01. The highest BCUT2D eigenvalue weighted by Gasteiger charge is 2.22. The molecule has 1 aromatic rings. The van der Waals surface area contributed by atoms with Crippen molar-refractivity contribution in [3.8, 4) is 0 Å². The second kappa shape index (κ2) is 6.50. The average molecular weight is 323 g/mol. The van der Waals surface area contributed by atoms with Crippen LogP contribution in [0, 0.1) is 11.7 Å². The van der Waals surface area contributed by atoms with Crippen LogP contribution in [-0.2, 0) is 9.84 Å². The largest absolute Gasteiger partial charge is 0.224 e. The van der Waals surface area contributed by atoms with E-state index in [9.17, 15) is 12.8 Å². The zero-order valence-electron chi connectivity index (χ0n) is 9.70. The molecule has 1 atom stereocenters. The van der Waals surface area contributed by atoms with Crippen LogP contribution in [0.1, 0.15) is 19.8 Å². The second-order valence-corrected chi connectivity index (χ2v) is 6.67. The summed E-state index contributed by atoms with van der Waals surface area (Å²) in [5.74, 6) is -0.644. The first-order valence-electron chi connectivity index (χ1n) is 5.54. The van der Waals surface area contributed by atoms with Crippen LogP contribution in [0.15, 0.2) is 29.2 Å². The van der Waals surface area contributed by atoms with Crippen molar-refractivity contribution in [3.05, 3.63) is 30.1 Å². The van der Waals surface area contributed by atoms with Gasteiger partial charge in [0.25, 0.3) is 0 Å². The van der Waals surface area contributed by atoms with Gasteiger partial charge in [0, 0.05) is 5.33 Å². The maximum absolute atomic E-state index is 13.4. The van der Waals surface area contributed by atoms with E-state index in [0.29, 0.717) is 5.33 Å². The molecule has 1 aromatic carbocycles. The quantitative estimate of drug-likeness (QED) is 0.752. The molecule has 0 aliphatic carbocycles. The number of sulfone groups is 1. The van der Waals surface area contributed by atoms with Crippen molar-refractivity contribution >= 4 is 25.8 Å². The van der Waals surface area contributed by atoms with Crippen LogP contribution in [0.25, 0.3) is 0 Å². The molecule has 0 radical (unpaired) electrons. The van der Waals surface area contributed by atoms with Crippen molar-refractivity contribution < 1.29 is 12.8 Å². The first-order valence-corrected chi connectivity index (χ1v) is 8.32. The molecule has 0 fully saturated rings. The second-order valence-electron chi connectivity index (χ2n) is 4.02. The average Bonchev–Trinajstić information content (AvgIpc) is 2.28. The van der Waals surface area contributed by atoms with E-state index in [2.05, 4.69) is 15.9 Å². The molecule has 0 bridgehead atoms. The van der Waals surface area contributed by atoms with Gasteiger partial charge in [-0.1, -0.05) is 41.4 Å². The summed E-state index contributed by atoms with van der Waals surface area (Å²) in [5.41, 5.74) is 0. The summed E-state index contributed by atoms with van der Waals surface area (Å²) in [7, 11) is -3.53. The van der Waals surface area contributed by atoms with Gasteiger partial charge in [0.2, 0.25) is 0 Å². The third-order valence-corrected chi connectivity index (χ3v) is 5.37. The Morgan fingerprint density at radius 1 is 1.35 bits per heavy atom. The van der Waals surface area contributed by atoms with E-state index in [1.54, 1.807) is 6.07 Å². The minimum atomic E-state index is -3.53. The molecule has 0 aliphatic heterocycles. The van der Waals surface area contributed by atoms with Crippen LogP contribution in [0.3, 0.4) is 0 Å². The number of halogens is 2. The Morgan fingerprint density at radius 2 is 2.00 bits per heavy atom. The summed E-state index contributed by atoms with van der Waals surface area (Å²) < 4.78 is 37.5. The summed E-state index contributed by atoms with van der Waals surface area (Å²) in [5, 5.41) is 0.620. The van der Waals surface area contributed by atoms with E-state index in [1.807, 2.05) is 6.92 Å². The summed E-state index contributed by atoms with van der Waals surface area (Å²) in [6, 6.07) is 5.53. The Kier molecular flexibility index (Phi) is 5.59. The standard InChI is InChI=1S/C12H16BrFO2S/c1-2-5-10(8-13)9-17(15,16)12-7-4-3-6-11(12)14/h3-4,6-7,10H,2,5,8-9H2,1H3. The van der Waals surface area contributed by atoms with Crippen molar-refractivity contribution in [1.82, 2.24) is 0 Å². The minimum Gasteiger partial charge on any atom is -0.224 e. The third kappa shape index (κ3) is 4.07. The maximum atomic E-state index is 13.4. The summed E-state index contributed by atoms with van der Waals surface area (Å²) in [4.78, 5) is -0.193. The molecule has 0 heterocycles. The van der Waals surface area contributed by atoms with E-state index in [0.717, 1.165) is 12.8 Å². The lowest BCUT2D eigenvalue weighted by atomic mass is 10.1. The van der Waals surface area contributed by atoms with Crippen LogP contribution in [0.4, 0.5) is 4.39 Å². The Bertz CT molecular complexity index is 459. The monoisotopic (exact) mass is 322 g/mol. The Balaban J connectivity index is 2.92. The van der Waals surface area contributed by atoms with E-state index < -0.39 is 15.7 Å². The summed E-state index contributed by atoms with van der Waals surface area (Å²) in [6.07, 6.45) is 1.74. The number of hydrogen-bond donors (Lipinski definition) is 0. The number of alkyl halides is 1. The van der Waals surface area contributed by atoms with E-state index >= 15 is 0 Å². The molecule has 2 nitrogen and oxygen atoms in total. The fourth-order valence-electron chi connectivity index (χ4n) is 1.71. The fraction of sp³-hybridized carbons (Fsp3) is 0.500. The molecular formula is C12H16BrFO2S. The van der Waals surface area contributed by atoms with Gasteiger partial charge in [-0.2, -0.15) is 0 Å². The topological polar surface area (TPSA) is 34.1 Å². The normalized spacial score (nSPS) is 13.6. The number of benzene rings is 1. The van der Waals surface area contributed by atoms with E-state index in [-0.39, 0.29) is 16.6 Å². The minimum absolute atomic E-state index is 0.00692. The van der Waals surface area contributed by atoms with E-state index in [4.69, 9.17) is 0 Å². The Hall–Kier alpha value is -0.420. The number of rotatable bonds is 6. The van der Waals surface area contributed by atoms with Gasteiger partial charge in [-0.15, -0.1) is 0 Å². The molecule has 0 saturated heterocycles. The third-order valence-electron chi connectivity index (χ3n) is 2.54. The van der Waals surface area contributed by atoms with Crippen molar-refractivity contribution in [2.75, 3.05) is 11.1 Å². The molecule has 96 valence electrons. The lowest BCUT2D eigenvalue weighted by molar-refractivity contribution is 0.540. The molecule has 0 spiro atoms. The highest BCUT2D eigenvalue weighted by molar-refractivity contribution is 9.09. The molecule has 5 heteroatoms. The van der Waals surface area contributed by atoms with Gasteiger partial charge < -0.3 is 0 Å². The van der Waals surface area contributed by atoms with Crippen LogP contribution in [-0.4, -0.2) is 19.5 Å². The predicted octanol–water partition coefficient (Wildman–Crippen LogP) is 3.41. The highest BCUT2D eigenvalue weighted by Crippen LogP contribution is 2.20. The molecule has 1 rings (SSSR count). The van der Waals surface area contributed by atoms with Gasteiger partial charge in [-0.3, -0.25) is 0 Å². The van der Waals surface area contributed by atoms with Crippen LogP contribution < -0.4 is 0 Å². The van der Waals surface area contributed by atoms with Gasteiger partial charge in [0.1, 0.15) is 10.7 Å². The smallest absolute Gasteiger partial charge is 0.181 e. The Morgan fingerprint density at radius 3 is 2.53 bits per heavy atom. The number of hydrogen-bond acceptors (Lipinski definition) is 2. The molecule has 0 aliphatic rings. The SMILES string of the molecule is CCCC(CBr)CS(=O)(=O)c1ccccc1F. The van der Waals surface area contributed by atoms with Gasteiger partial charge >= 0.3 is 0 Å². The molecule has 0 amide bonds.